The Hall–Kier alpha value is -1.18. The zero-order valence-corrected chi connectivity index (χ0v) is 9.52. The van der Waals surface area contributed by atoms with Crippen LogP contribution in [0.5, 0.6) is 0 Å². The second-order valence-corrected chi connectivity index (χ2v) is 4.06. The predicted molar refractivity (Wildman–Crippen MR) is 50.9 cm³/mol. The Morgan fingerprint density at radius 3 is 1.78 bits per heavy atom. The Morgan fingerprint density at radius 1 is 1.06 bits per heavy atom. The highest BCUT2D eigenvalue weighted by molar-refractivity contribution is 5.18. The molecule has 0 atom stereocenters. The van der Waals surface area contributed by atoms with E-state index in [9.17, 15) is 26.3 Å². The summed E-state index contributed by atoms with van der Waals surface area (Å²) in [5, 5.41) is 9.01. The Labute approximate surface area is 98.8 Å². The van der Waals surface area contributed by atoms with Gasteiger partial charge in [0, 0.05) is 24.9 Å². The first-order valence-corrected chi connectivity index (χ1v) is 4.87. The van der Waals surface area contributed by atoms with Gasteiger partial charge in [-0.25, -0.2) is 0 Å². The lowest BCUT2D eigenvalue weighted by Crippen LogP contribution is -2.58. The van der Waals surface area contributed by atoms with Crippen molar-refractivity contribution in [1.82, 2.24) is 4.57 Å². The molecule has 0 bridgehead atoms. The SMILES string of the molecule is Cc1ccc(CC(O)(C(F)(F)F)C(F)(F)F)n1C. The van der Waals surface area contributed by atoms with E-state index in [1.165, 1.54) is 24.6 Å². The zero-order chi connectivity index (χ0) is 14.4. The van der Waals surface area contributed by atoms with Gasteiger partial charge in [-0.3, -0.25) is 0 Å². The summed E-state index contributed by atoms with van der Waals surface area (Å²) in [5.74, 6) is 0. The summed E-state index contributed by atoms with van der Waals surface area (Å²) in [6, 6.07) is 2.50. The third kappa shape index (κ3) is 2.33. The van der Waals surface area contributed by atoms with Gasteiger partial charge >= 0.3 is 12.4 Å². The second kappa shape index (κ2) is 4.18. The van der Waals surface area contributed by atoms with Crippen LogP contribution in [0.25, 0.3) is 0 Å². The number of aryl methyl sites for hydroxylation is 1. The molecule has 8 heteroatoms. The standard InChI is InChI=1S/C10H11F6NO/c1-6-3-4-7(17(6)2)5-8(18,9(11,12)13)10(14,15)16/h3-4,18H,5H2,1-2H3. The van der Waals surface area contributed by atoms with Crippen molar-refractivity contribution < 1.29 is 31.4 Å². The molecule has 0 aliphatic carbocycles. The van der Waals surface area contributed by atoms with E-state index in [-0.39, 0.29) is 5.69 Å². The molecule has 0 spiro atoms. The van der Waals surface area contributed by atoms with Crippen molar-refractivity contribution in [3.05, 3.63) is 23.5 Å². The van der Waals surface area contributed by atoms with Crippen LogP contribution in [0, 0.1) is 6.92 Å². The minimum atomic E-state index is -5.79. The molecule has 18 heavy (non-hydrogen) atoms. The largest absolute Gasteiger partial charge is 0.426 e. The van der Waals surface area contributed by atoms with Crippen molar-refractivity contribution in [2.24, 2.45) is 7.05 Å². The van der Waals surface area contributed by atoms with Gasteiger partial charge in [-0.1, -0.05) is 0 Å². The van der Waals surface area contributed by atoms with Gasteiger partial charge in [-0.15, -0.1) is 0 Å². The maximum atomic E-state index is 12.4. The lowest BCUT2D eigenvalue weighted by molar-refractivity contribution is -0.367. The molecule has 1 heterocycles. The lowest BCUT2D eigenvalue weighted by Gasteiger charge is -2.32. The van der Waals surface area contributed by atoms with Crippen molar-refractivity contribution in [1.29, 1.82) is 0 Å². The summed E-state index contributed by atoms with van der Waals surface area (Å²) in [5.41, 5.74) is -4.49. The molecule has 1 aromatic heterocycles. The average Bonchev–Trinajstić information content (AvgIpc) is 2.46. The molecule has 104 valence electrons. The molecule has 1 rings (SSSR count). The van der Waals surface area contributed by atoms with E-state index in [4.69, 9.17) is 5.11 Å². The Bertz CT molecular complexity index is 417. The monoisotopic (exact) mass is 275 g/mol. The number of aromatic nitrogens is 1. The summed E-state index contributed by atoms with van der Waals surface area (Å²) >= 11 is 0. The lowest BCUT2D eigenvalue weighted by atomic mass is 9.96. The molecule has 1 aromatic rings. The maximum Gasteiger partial charge on any atom is 0.426 e. The fraction of sp³-hybridized carbons (Fsp3) is 0.600. The van der Waals surface area contributed by atoms with Gasteiger partial charge in [0.2, 0.25) is 0 Å². The van der Waals surface area contributed by atoms with Crippen LogP contribution in [0.15, 0.2) is 12.1 Å². The fourth-order valence-corrected chi connectivity index (χ4v) is 1.47. The number of aliphatic hydroxyl groups is 1. The van der Waals surface area contributed by atoms with E-state index < -0.39 is 24.4 Å². The van der Waals surface area contributed by atoms with Crippen molar-refractivity contribution >= 4 is 0 Å². The van der Waals surface area contributed by atoms with Gasteiger partial charge < -0.3 is 9.67 Å². The van der Waals surface area contributed by atoms with Crippen molar-refractivity contribution in [3.8, 4) is 0 Å². The highest BCUT2D eigenvalue weighted by Gasteiger charge is 2.70. The molecule has 0 saturated carbocycles. The molecule has 2 nitrogen and oxygen atoms in total. The predicted octanol–water partition coefficient (Wildman–Crippen LogP) is 2.73. The molecule has 0 aliphatic heterocycles. The minimum absolute atomic E-state index is 0.246. The molecule has 1 N–H and O–H groups in total. The molecule has 0 aliphatic rings. The van der Waals surface area contributed by atoms with Crippen molar-refractivity contribution in [3.63, 3.8) is 0 Å². The Balaban J connectivity index is 3.20. The molecule has 0 fully saturated rings. The van der Waals surface area contributed by atoms with Gasteiger partial charge in [0.05, 0.1) is 0 Å². The summed E-state index contributed by atoms with van der Waals surface area (Å²) in [6.07, 6.45) is -13.1. The third-order valence-corrected chi connectivity index (χ3v) is 2.85. The van der Waals surface area contributed by atoms with E-state index in [1.54, 1.807) is 0 Å². The highest BCUT2D eigenvalue weighted by atomic mass is 19.4. The third-order valence-electron chi connectivity index (χ3n) is 2.85. The number of hydrogen-bond donors (Lipinski definition) is 1. The summed E-state index contributed by atoms with van der Waals surface area (Å²) in [4.78, 5) is 0. The van der Waals surface area contributed by atoms with Crippen LogP contribution in [0.1, 0.15) is 11.4 Å². The van der Waals surface area contributed by atoms with E-state index in [1.807, 2.05) is 0 Å². The molecule has 0 amide bonds. The first-order valence-electron chi connectivity index (χ1n) is 4.87. The van der Waals surface area contributed by atoms with E-state index in [0.29, 0.717) is 5.69 Å². The van der Waals surface area contributed by atoms with Gasteiger partial charge in [-0.05, 0) is 19.1 Å². The summed E-state index contributed by atoms with van der Waals surface area (Å²) in [6.45, 7) is 1.53. The highest BCUT2D eigenvalue weighted by Crippen LogP contribution is 2.45. The summed E-state index contributed by atoms with van der Waals surface area (Å²) in [7, 11) is 1.33. The maximum absolute atomic E-state index is 12.4. The molecular formula is C10H11F6NO. The van der Waals surface area contributed by atoms with Crippen LogP contribution in [-0.2, 0) is 13.5 Å². The number of hydrogen-bond acceptors (Lipinski definition) is 1. The Morgan fingerprint density at radius 2 is 1.50 bits per heavy atom. The molecule has 0 radical (unpaired) electrons. The van der Waals surface area contributed by atoms with Gasteiger partial charge in [-0.2, -0.15) is 26.3 Å². The van der Waals surface area contributed by atoms with Crippen LogP contribution in [0.2, 0.25) is 0 Å². The summed E-state index contributed by atoms with van der Waals surface area (Å²) < 4.78 is 75.8. The zero-order valence-electron chi connectivity index (χ0n) is 9.52. The Kier molecular flexibility index (Phi) is 3.46. The van der Waals surface area contributed by atoms with Crippen molar-refractivity contribution in [2.75, 3.05) is 0 Å². The quantitative estimate of drug-likeness (QED) is 0.825. The van der Waals surface area contributed by atoms with Gasteiger partial charge in [0.25, 0.3) is 5.60 Å². The van der Waals surface area contributed by atoms with Crippen LogP contribution >= 0.6 is 0 Å². The minimum Gasteiger partial charge on any atom is -0.373 e. The van der Waals surface area contributed by atoms with Crippen molar-refractivity contribution in [2.45, 2.75) is 31.3 Å². The average molecular weight is 275 g/mol. The van der Waals surface area contributed by atoms with Crippen LogP contribution in [0.4, 0.5) is 26.3 Å². The van der Waals surface area contributed by atoms with E-state index >= 15 is 0 Å². The van der Waals surface area contributed by atoms with Crippen LogP contribution in [-0.4, -0.2) is 27.6 Å². The van der Waals surface area contributed by atoms with Crippen LogP contribution < -0.4 is 0 Å². The molecule has 0 unspecified atom stereocenters. The number of nitrogens with zero attached hydrogens (tertiary/aromatic N) is 1. The molecule has 0 saturated heterocycles. The number of alkyl halides is 6. The first kappa shape index (κ1) is 14.9. The fourth-order valence-electron chi connectivity index (χ4n) is 1.47. The van der Waals surface area contributed by atoms with Gasteiger partial charge in [0.15, 0.2) is 0 Å². The van der Waals surface area contributed by atoms with E-state index in [0.717, 1.165) is 6.07 Å². The van der Waals surface area contributed by atoms with Gasteiger partial charge in [0.1, 0.15) is 0 Å². The first-order chi connectivity index (χ1) is 7.90. The topological polar surface area (TPSA) is 25.2 Å². The second-order valence-electron chi connectivity index (χ2n) is 4.06. The smallest absolute Gasteiger partial charge is 0.373 e. The van der Waals surface area contributed by atoms with E-state index in [2.05, 4.69) is 0 Å². The van der Waals surface area contributed by atoms with Crippen LogP contribution in [0.3, 0.4) is 0 Å². The molecular weight excluding hydrogens is 264 g/mol. The molecule has 0 aromatic carbocycles. The number of rotatable bonds is 2. The normalized spacial score (nSPS) is 14.1. The number of halogens is 6.